The Bertz CT molecular complexity index is 724. The van der Waals surface area contributed by atoms with Gasteiger partial charge >= 0.3 is 5.97 Å². The van der Waals surface area contributed by atoms with Gasteiger partial charge in [-0.05, 0) is 44.0 Å². The topological polar surface area (TPSA) is 104 Å². The molecule has 1 aliphatic carbocycles. The normalized spacial score (nSPS) is 17.2. The van der Waals surface area contributed by atoms with Crippen LogP contribution < -0.4 is 5.32 Å². The largest absolute Gasteiger partial charge is 0.480 e. The number of amides is 1. The maximum absolute atomic E-state index is 12.7. The van der Waals surface area contributed by atoms with Crippen LogP contribution >= 0.6 is 0 Å². The summed E-state index contributed by atoms with van der Waals surface area (Å²) in [6.07, 6.45) is 4.94. The van der Waals surface area contributed by atoms with Gasteiger partial charge in [0.15, 0.2) is 0 Å². The third-order valence-electron chi connectivity index (χ3n) is 4.60. The van der Waals surface area contributed by atoms with Crippen molar-refractivity contribution < 1.29 is 23.1 Å². The molecule has 0 saturated heterocycles. The lowest BCUT2D eigenvalue weighted by Crippen LogP contribution is -2.39. The van der Waals surface area contributed by atoms with Crippen molar-refractivity contribution in [1.82, 2.24) is 9.62 Å². The van der Waals surface area contributed by atoms with Crippen LogP contribution in [0.3, 0.4) is 0 Å². The third kappa shape index (κ3) is 4.58. The highest BCUT2D eigenvalue weighted by atomic mass is 32.2. The number of sulfonamides is 1. The number of carboxylic acid groups (broad SMARTS) is 1. The molecule has 0 spiro atoms. The Morgan fingerprint density at radius 3 is 2.24 bits per heavy atom. The monoisotopic (exact) mass is 368 g/mol. The SMILES string of the molecule is CC(NC(=O)c1ccc(S(=O)(=O)N(C)C2CCCCC2)cc1)C(=O)O. The lowest BCUT2D eigenvalue weighted by molar-refractivity contribution is -0.138. The molecule has 1 fully saturated rings. The van der Waals surface area contributed by atoms with E-state index in [0.717, 1.165) is 32.1 Å². The Balaban J connectivity index is 2.12. The number of carbonyl (C=O) groups excluding carboxylic acids is 1. The van der Waals surface area contributed by atoms with Crippen LogP contribution in [-0.2, 0) is 14.8 Å². The Morgan fingerprint density at radius 2 is 1.72 bits per heavy atom. The van der Waals surface area contributed by atoms with E-state index in [9.17, 15) is 18.0 Å². The maximum atomic E-state index is 12.7. The lowest BCUT2D eigenvalue weighted by Gasteiger charge is -2.30. The standard InChI is InChI=1S/C17H24N2O5S/c1-12(17(21)22)18-16(20)13-8-10-15(11-9-13)25(23,24)19(2)14-6-4-3-5-7-14/h8-12,14H,3-7H2,1-2H3,(H,18,20)(H,21,22). The van der Waals surface area contributed by atoms with Crippen LogP contribution in [0.25, 0.3) is 0 Å². The number of carbonyl (C=O) groups is 2. The van der Waals surface area contributed by atoms with Gasteiger partial charge in [-0.15, -0.1) is 0 Å². The third-order valence-corrected chi connectivity index (χ3v) is 6.52. The highest BCUT2D eigenvalue weighted by molar-refractivity contribution is 7.89. The zero-order valence-electron chi connectivity index (χ0n) is 14.4. The quantitative estimate of drug-likeness (QED) is 0.797. The minimum absolute atomic E-state index is 0.0122. The first kappa shape index (κ1) is 19.4. The van der Waals surface area contributed by atoms with E-state index in [1.807, 2.05) is 0 Å². The summed E-state index contributed by atoms with van der Waals surface area (Å²) in [5.41, 5.74) is 0.215. The first-order valence-corrected chi connectivity index (χ1v) is 9.79. The number of hydrogen-bond acceptors (Lipinski definition) is 4. The molecule has 0 radical (unpaired) electrons. The average molecular weight is 368 g/mol. The van der Waals surface area contributed by atoms with Gasteiger partial charge in [-0.1, -0.05) is 19.3 Å². The number of nitrogens with zero attached hydrogens (tertiary/aromatic N) is 1. The van der Waals surface area contributed by atoms with Crippen molar-refractivity contribution >= 4 is 21.9 Å². The van der Waals surface area contributed by atoms with Crippen molar-refractivity contribution in [3.05, 3.63) is 29.8 Å². The van der Waals surface area contributed by atoms with Crippen molar-refractivity contribution in [3.63, 3.8) is 0 Å². The maximum Gasteiger partial charge on any atom is 0.325 e. The first-order chi connectivity index (χ1) is 11.7. The van der Waals surface area contributed by atoms with Gasteiger partial charge in [-0.25, -0.2) is 8.42 Å². The van der Waals surface area contributed by atoms with Crippen LogP contribution in [0.2, 0.25) is 0 Å². The Morgan fingerprint density at radius 1 is 1.16 bits per heavy atom. The van der Waals surface area contributed by atoms with Gasteiger partial charge < -0.3 is 10.4 Å². The summed E-state index contributed by atoms with van der Waals surface area (Å²) in [5, 5.41) is 11.1. The molecule has 8 heteroatoms. The van der Waals surface area contributed by atoms with Crippen LogP contribution in [0, 0.1) is 0 Å². The van der Waals surface area contributed by atoms with E-state index >= 15 is 0 Å². The van der Waals surface area contributed by atoms with Crippen molar-refractivity contribution in [2.75, 3.05) is 7.05 Å². The predicted molar refractivity (Wildman–Crippen MR) is 92.8 cm³/mol. The summed E-state index contributed by atoms with van der Waals surface area (Å²) in [7, 11) is -2.01. The molecule has 1 aliphatic rings. The van der Waals surface area contributed by atoms with E-state index in [1.165, 1.54) is 35.5 Å². The summed E-state index contributed by atoms with van der Waals surface area (Å²) < 4.78 is 26.9. The highest BCUT2D eigenvalue weighted by Crippen LogP contribution is 2.26. The van der Waals surface area contributed by atoms with Crippen LogP contribution in [-0.4, -0.2) is 48.8 Å². The van der Waals surface area contributed by atoms with Crippen LogP contribution in [0.5, 0.6) is 0 Å². The minimum atomic E-state index is -3.61. The van der Waals surface area contributed by atoms with Crippen molar-refractivity contribution in [3.8, 4) is 0 Å². The summed E-state index contributed by atoms with van der Waals surface area (Å²) in [6.45, 7) is 1.36. The first-order valence-electron chi connectivity index (χ1n) is 8.35. The predicted octanol–water partition coefficient (Wildman–Crippen LogP) is 1.84. The van der Waals surface area contributed by atoms with Gasteiger partial charge in [-0.2, -0.15) is 4.31 Å². The number of carboxylic acids is 1. The van der Waals surface area contributed by atoms with Gasteiger partial charge in [0.1, 0.15) is 6.04 Å². The molecule has 2 N–H and O–H groups in total. The molecule has 1 aromatic rings. The minimum Gasteiger partial charge on any atom is -0.480 e. The smallest absolute Gasteiger partial charge is 0.325 e. The van der Waals surface area contributed by atoms with E-state index in [-0.39, 0.29) is 16.5 Å². The molecule has 25 heavy (non-hydrogen) atoms. The number of nitrogens with one attached hydrogen (secondary N) is 1. The molecule has 0 heterocycles. The molecule has 1 unspecified atom stereocenters. The Labute approximate surface area is 148 Å². The highest BCUT2D eigenvalue weighted by Gasteiger charge is 2.29. The summed E-state index contributed by atoms with van der Waals surface area (Å²) in [4.78, 5) is 22.9. The van der Waals surface area contributed by atoms with Crippen molar-refractivity contribution in [2.45, 2.75) is 56.0 Å². The molecular formula is C17H24N2O5S. The summed E-state index contributed by atoms with van der Waals surface area (Å²) >= 11 is 0. The van der Waals surface area contributed by atoms with E-state index in [0.29, 0.717) is 0 Å². The Hall–Kier alpha value is -1.93. The molecule has 1 aromatic carbocycles. The number of benzene rings is 1. The van der Waals surface area contributed by atoms with E-state index < -0.39 is 27.9 Å². The molecule has 0 bridgehead atoms. The van der Waals surface area contributed by atoms with Gasteiger partial charge in [0.05, 0.1) is 4.90 Å². The fourth-order valence-electron chi connectivity index (χ4n) is 2.93. The van der Waals surface area contributed by atoms with Crippen LogP contribution in [0.1, 0.15) is 49.4 Å². The molecule has 0 aromatic heterocycles. The number of rotatable bonds is 6. The van der Waals surface area contributed by atoms with E-state index in [2.05, 4.69) is 5.32 Å². The number of hydrogen-bond donors (Lipinski definition) is 2. The molecule has 1 amide bonds. The van der Waals surface area contributed by atoms with Crippen LogP contribution in [0.15, 0.2) is 29.2 Å². The van der Waals surface area contributed by atoms with E-state index in [1.54, 1.807) is 7.05 Å². The molecular weight excluding hydrogens is 344 g/mol. The fourth-order valence-corrected chi connectivity index (χ4v) is 4.34. The number of aliphatic carboxylic acids is 1. The fraction of sp³-hybridized carbons (Fsp3) is 0.529. The molecule has 0 aliphatic heterocycles. The second kappa shape index (κ2) is 7.97. The lowest BCUT2D eigenvalue weighted by atomic mass is 9.96. The molecule has 138 valence electrons. The Kier molecular flexibility index (Phi) is 6.18. The zero-order valence-corrected chi connectivity index (χ0v) is 15.3. The average Bonchev–Trinajstić information content (AvgIpc) is 2.61. The van der Waals surface area contributed by atoms with Gasteiger partial charge in [0, 0.05) is 18.7 Å². The molecule has 1 saturated carbocycles. The molecule has 2 rings (SSSR count). The van der Waals surface area contributed by atoms with Crippen molar-refractivity contribution in [1.29, 1.82) is 0 Å². The van der Waals surface area contributed by atoms with Gasteiger partial charge in [0.2, 0.25) is 10.0 Å². The second-order valence-corrected chi connectivity index (χ2v) is 8.37. The molecule has 1 atom stereocenters. The van der Waals surface area contributed by atoms with Crippen LogP contribution in [0.4, 0.5) is 0 Å². The summed E-state index contributed by atoms with van der Waals surface area (Å²) in [6, 6.07) is 4.55. The van der Waals surface area contributed by atoms with Crippen molar-refractivity contribution in [2.24, 2.45) is 0 Å². The second-order valence-electron chi connectivity index (χ2n) is 6.37. The van der Waals surface area contributed by atoms with Gasteiger partial charge in [0.25, 0.3) is 5.91 Å². The molecule has 7 nitrogen and oxygen atoms in total. The zero-order chi connectivity index (χ0) is 18.6. The summed E-state index contributed by atoms with van der Waals surface area (Å²) in [5.74, 6) is -1.69. The van der Waals surface area contributed by atoms with E-state index in [4.69, 9.17) is 5.11 Å². The van der Waals surface area contributed by atoms with Gasteiger partial charge in [-0.3, -0.25) is 9.59 Å².